The van der Waals surface area contributed by atoms with Crippen LogP contribution in [0, 0.1) is 16.3 Å². The van der Waals surface area contributed by atoms with Crippen LogP contribution in [0.5, 0.6) is 5.75 Å². The van der Waals surface area contributed by atoms with E-state index in [1.165, 1.54) is 6.07 Å². The zero-order chi connectivity index (χ0) is 15.4. The average molecular weight is 399 g/mol. The first-order chi connectivity index (χ1) is 10.1. The number of hydrogen-bond donors (Lipinski definition) is 1. The topological polar surface area (TPSA) is 21.3 Å². The summed E-state index contributed by atoms with van der Waals surface area (Å²) < 4.78 is 19.6. The van der Waals surface area contributed by atoms with Crippen LogP contribution in [-0.2, 0) is 0 Å². The van der Waals surface area contributed by atoms with Crippen molar-refractivity contribution in [1.29, 1.82) is 0 Å². The average Bonchev–Trinajstić information content (AvgIpc) is 2.45. The Bertz CT molecular complexity index is 630. The Morgan fingerprint density at radius 1 is 1.24 bits per heavy atom. The minimum absolute atomic E-state index is 0.0482. The minimum Gasteiger partial charge on any atom is -0.496 e. The molecule has 1 N–H and O–H groups in total. The van der Waals surface area contributed by atoms with Crippen molar-refractivity contribution in [3.63, 3.8) is 0 Å². The van der Waals surface area contributed by atoms with Crippen molar-refractivity contribution >= 4 is 22.6 Å². The van der Waals surface area contributed by atoms with Gasteiger partial charge in [-0.05, 0) is 70.9 Å². The van der Waals surface area contributed by atoms with E-state index in [1.807, 2.05) is 19.1 Å². The third-order valence-electron chi connectivity index (χ3n) is 3.43. The van der Waals surface area contributed by atoms with Crippen molar-refractivity contribution in [2.45, 2.75) is 19.9 Å². The maximum atomic E-state index is 13.3. The normalized spacial score (nSPS) is 12.2. The lowest BCUT2D eigenvalue weighted by Crippen LogP contribution is -2.23. The molecule has 0 radical (unpaired) electrons. The van der Waals surface area contributed by atoms with Gasteiger partial charge in [-0.15, -0.1) is 0 Å². The molecule has 2 rings (SSSR count). The van der Waals surface area contributed by atoms with Gasteiger partial charge in [-0.2, -0.15) is 0 Å². The maximum Gasteiger partial charge on any atom is 0.124 e. The molecule has 2 aromatic carbocycles. The standard InChI is InChI=1S/C17H19FINO/c1-4-20-17(14-7-6-13(18)10-15(14)19)12-5-8-16(21-3)11(2)9-12/h5-10,17,20H,4H2,1-3H3. The lowest BCUT2D eigenvalue weighted by molar-refractivity contribution is 0.411. The molecule has 2 nitrogen and oxygen atoms in total. The van der Waals surface area contributed by atoms with Crippen LogP contribution in [-0.4, -0.2) is 13.7 Å². The van der Waals surface area contributed by atoms with Gasteiger partial charge in [0.25, 0.3) is 0 Å². The molecule has 112 valence electrons. The number of nitrogens with one attached hydrogen (secondary N) is 1. The summed E-state index contributed by atoms with van der Waals surface area (Å²) in [7, 11) is 1.67. The van der Waals surface area contributed by atoms with Crippen molar-refractivity contribution in [2.24, 2.45) is 0 Å². The summed E-state index contributed by atoms with van der Waals surface area (Å²) in [5, 5.41) is 3.47. The predicted octanol–water partition coefficient (Wildman–Crippen LogP) is 4.45. The summed E-state index contributed by atoms with van der Waals surface area (Å²) in [6.45, 7) is 4.93. The first-order valence-corrected chi connectivity index (χ1v) is 7.97. The van der Waals surface area contributed by atoms with E-state index < -0.39 is 0 Å². The van der Waals surface area contributed by atoms with Crippen molar-refractivity contribution in [3.8, 4) is 5.75 Å². The third-order valence-corrected chi connectivity index (χ3v) is 4.37. The highest BCUT2D eigenvalue weighted by Crippen LogP contribution is 2.29. The number of aryl methyl sites for hydroxylation is 1. The molecule has 1 unspecified atom stereocenters. The van der Waals surface area contributed by atoms with E-state index in [0.29, 0.717) is 0 Å². The molecule has 0 aliphatic carbocycles. The Balaban J connectivity index is 2.45. The van der Waals surface area contributed by atoms with E-state index in [0.717, 1.165) is 32.6 Å². The molecule has 0 bridgehead atoms. The molecule has 0 aromatic heterocycles. The summed E-state index contributed by atoms with van der Waals surface area (Å²) in [6.07, 6.45) is 0. The van der Waals surface area contributed by atoms with Crippen LogP contribution in [0.25, 0.3) is 0 Å². The van der Waals surface area contributed by atoms with E-state index in [4.69, 9.17) is 4.74 Å². The maximum absolute atomic E-state index is 13.3. The second-order valence-corrected chi connectivity index (χ2v) is 6.05. The van der Waals surface area contributed by atoms with Gasteiger partial charge in [0.2, 0.25) is 0 Å². The van der Waals surface area contributed by atoms with Gasteiger partial charge >= 0.3 is 0 Å². The molecule has 0 saturated heterocycles. The number of rotatable bonds is 5. The smallest absolute Gasteiger partial charge is 0.124 e. The number of methoxy groups -OCH3 is 1. The van der Waals surface area contributed by atoms with Crippen molar-refractivity contribution < 1.29 is 9.13 Å². The largest absolute Gasteiger partial charge is 0.496 e. The monoisotopic (exact) mass is 399 g/mol. The lowest BCUT2D eigenvalue weighted by atomic mass is 9.97. The lowest BCUT2D eigenvalue weighted by Gasteiger charge is -2.21. The third kappa shape index (κ3) is 3.74. The number of benzene rings is 2. The van der Waals surface area contributed by atoms with Gasteiger partial charge < -0.3 is 10.1 Å². The Morgan fingerprint density at radius 2 is 2.00 bits per heavy atom. The molecular formula is C17H19FINO. The highest BCUT2D eigenvalue weighted by Gasteiger charge is 2.17. The van der Waals surface area contributed by atoms with Crippen LogP contribution in [0.3, 0.4) is 0 Å². The first kappa shape index (κ1) is 16.2. The van der Waals surface area contributed by atoms with Crippen molar-refractivity contribution in [2.75, 3.05) is 13.7 Å². The van der Waals surface area contributed by atoms with Crippen LogP contribution >= 0.6 is 22.6 Å². The van der Waals surface area contributed by atoms with E-state index in [-0.39, 0.29) is 11.9 Å². The van der Waals surface area contributed by atoms with Gasteiger partial charge in [0.05, 0.1) is 13.2 Å². The molecular weight excluding hydrogens is 380 g/mol. The van der Waals surface area contributed by atoms with Gasteiger partial charge in [-0.3, -0.25) is 0 Å². The molecule has 21 heavy (non-hydrogen) atoms. The molecule has 0 saturated carbocycles. The van der Waals surface area contributed by atoms with Gasteiger partial charge in [0, 0.05) is 3.57 Å². The van der Waals surface area contributed by atoms with Crippen LogP contribution in [0.15, 0.2) is 36.4 Å². The van der Waals surface area contributed by atoms with Crippen LogP contribution in [0.2, 0.25) is 0 Å². The molecule has 0 spiro atoms. The highest BCUT2D eigenvalue weighted by molar-refractivity contribution is 14.1. The van der Waals surface area contributed by atoms with Crippen molar-refractivity contribution in [3.05, 3.63) is 62.5 Å². The Hall–Kier alpha value is -1.14. The predicted molar refractivity (Wildman–Crippen MR) is 92.4 cm³/mol. The Morgan fingerprint density at radius 3 is 2.57 bits per heavy atom. The number of hydrogen-bond acceptors (Lipinski definition) is 2. The minimum atomic E-state index is -0.204. The molecule has 2 aromatic rings. The van der Waals surface area contributed by atoms with Crippen LogP contribution in [0.1, 0.15) is 29.7 Å². The van der Waals surface area contributed by atoms with Gasteiger partial charge in [-0.25, -0.2) is 4.39 Å². The molecule has 0 aliphatic rings. The quantitative estimate of drug-likeness (QED) is 0.751. The molecule has 0 amide bonds. The van der Waals surface area contributed by atoms with E-state index in [9.17, 15) is 4.39 Å². The van der Waals surface area contributed by atoms with Crippen LogP contribution < -0.4 is 10.1 Å². The van der Waals surface area contributed by atoms with Gasteiger partial charge in [0.1, 0.15) is 11.6 Å². The fourth-order valence-corrected chi connectivity index (χ4v) is 3.22. The van der Waals surface area contributed by atoms with E-state index >= 15 is 0 Å². The number of halogens is 2. The fourth-order valence-electron chi connectivity index (χ4n) is 2.43. The van der Waals surface area contributed by atoms with Gasteiger partial charge in [-0.1, -0.05) is 25.1 Å². The second-order valence-electron chi connectivity index (χ2n) is 4.89. The molecule has 0 aliphatic heterocycles. The first-order valence-electron chi connectivity index (χ1n) is 6.89. The summed E-state index contributed by atoms with van der Waals surface area (Å²) in [4.78, 5) is 0. The molecule has 1 atom stereocenters. The van der Waals surface area contributed by atoms with Gasteiger partial charge in [0.15, 0.2) is 0 Å². The molecule has 4 heteroatoms. The molecule has 0 fully saturated rings. The summed E-state index contributed by atoms with van der Waals surface area (Å²) >= 11 is 2.19. The Kier molecular flexibility index (Phi) is 5.58. The SMILES string of the molecule is CCNC(c1ccc(OC)c(C)c1)c1ccc(F)cc1I. The Labute approximate surface area is 138 Å². The summed E-state index contributed by atoms with van der Waals surface area (Å²) in [6, 6.07) is 11.1. The zero-order valence-electron chi connectivity index (χ0n) is 12.4. The molecule has 0 heterocycles. The summed E-state index contributed by atoms with van der Waals surface area (Å²) in [5.41, 5.74) is 3.33. The van der Waals surface area contributed by atoms with E-state index in [1.54, 1.807) is 13.2 Å². The highest BCUT2D eigenvalue weighted by atomic mass is 127. The number of ether oxygens (including phenoxy) is 1. The second kappa shape index (κ2) is 7.22. The van der Waals surface area contributed by atoms with Crippen LogP contribution in [0.4, 0.5) is 4.39 Å². The van der Waals surface area contributed by atoms with E-state index in [2.05, 4.69) is 47.0 Å². The van der Waals surface area contributed by atoms with Crippen molar-refractivity contribution in [1.82, 2.24) is 5.32 Å². The zero-order valence-corrected chi connectivity index (χ0v) is 14.6. The fraction of sp³-hybridized carbons (Fsp3) is 0.294. The summed E-state index contributed by atoms with van der Waals surface area (Å²) in [5.74, 6) is 0.673.